The lowest BCUT2D eigenvalue weighted by atomic mass is 10.0. The molecule has 1 saturated heterocycles. The summed E-state index contributed by atoms with van der Waals surface area (Å²) in [7, 11) is -1.95. The molecule has 0 saturated carbocycles. The fourth-order valence-electron chi connectivity index (χ4n) is 4.96. The average molecular weight is 656 g/mol. The standard InChI is InChI=1S/C27H25ClF3N5O5S2/c1-42(38,39)35-9-7-19(8-10-35)33-27-32-14-18-13-22(24(30)31)26(37)36(25(18)34-27)15-16-5-6-21(23(29)11-16)17-3-2-4-20(12-17)43(28,40)41/h2-6,11-14,19,24H,7-10,15H2,1H3,(H,32,33,34). The number of hydrogen-bond donors (Lipinski definition) is 1. The van der Waals surface area contributed by atoms with Crippen molar-refractivity contribution >= 4 is 46.7 Å². The number of pyridine rings is 1. The van der Waals surface area contributed by atoms with E-state index < -0.39 is 42.4 Å². The molecule has 0 unspecified atom stereocenters. The maximum Gasteiger partial charge on any atom is 0.269 e. The van der Waals surface area contributed by atoms with Gasteiger partial charge in [-0.2, -0.15) is 4.98 Å². The molecule has 1 aliphatic heterocycles. The number of hydrogen-bond acceptors (Lipinski definition) is 8. The zero-order valence-electron chi connectivity index (χ0n) is 22.5. The average Bonchev–Trinajstić information content (AvgIpc) is 2.94. The number of fused-ring (bicyclic) bond motifs is 1. The summed E-state index contributed by atoms with van der Waals surface area (Å²) in [6.07, 6.45) is 0.337. The highest BCUT2D eigenvalue weighted by Crippen LogP contribution is 2.28. The van der Waals surface area contributed by atoms with E-state index in [-0.39, 0.29) is 51.2 Å². The van der Waals surface area contributed by atoms with Crippen LogP contribution < -0.4 is 10.9 Å². The fraction of sp³-hybridized carbons (Fsp3) is 0.296. The lowest BCUT2D eigenvalue weighted by Crippen LogP contribution is -2.42. The number of anilines is 1. The highest BCUT2D eigenvalue weighted by molar-refractivity contribution is 8.13. The van der Waals surface area contributed by atoms with Crippen molar-refractivity contribution in [3.8, 4) is 11.1 Å². The number of halogens is 4. The Kier molecular flexibility index (Phi) is 8.53. The SMILES string of the molecule is CS(=O)(=O)N1CCC(Nc2ncc3cc(C(F)F)c(=O)n(Cc4ccc(-c5cccc(S(=O)(=O)Cl)c5)c(F)c4)c3n2)CC1. The highest BCUT2D eigenvalue weighted by atomic mass is 35.7. The van der Waals surface area contributed by atoms with Gasteiger partial charge in [-0.3, -0.25) is 9.36 Å². The number of sulfonamides is 1. The molecule has 0 bridgehead atoms. The summed E-state index contributed by atoms with van der Waals surface area (Å²) in [6.45, 7) is 0.312. The van der Waals surface area contributed by atoms with Crippen molar-refractivity contribution in [3.05, 3.63) is 82.0 Å². The van der Waals surface area contributed by atoms with E-state index in [9.17, 15) is 30.4 Å². The van der Waals surface area contributed by atoms with E-state index in [0.29, 0.717) is 25.9 Å². The Morgan fingerprint density at radius 3 is 2.42 bits per heavy atom. The molecule has 10 nitrogen and oxygen atoms in total. The molecule has 1 fully saturated rings. The minimum absolute atomic E-state index is 0.0463. The summed E-state index contributed by atoms with van der Waals surface area (Å²) in [6, 6.07) is 10.3. The van der Waals surface area contributed by atoms with Crippen molar-refractivity contribution < 1.29 is 30.0 Å². The Bertz CT molecular complexity index is 1980. The van der Waals surface area contributed by atoms with Gasteiger partial charge in [0.2, 0.25) is 16.0 Å². The number of nitrogens with one attached hydrogen (secondary N) is 1. The molecule has 43 heavy (non-hydrogen) atoms. The molecule has 0 amide bonds. The van der Waals surface area contributed by atoms with Crippen molar-refractivity contribution in [2.75, 3.05) is 24.7 Å². The van der Waals surface area contributed by atoms with Crippen molar-refractivity contribution in [3.63, 3.8) is 0 Å². The maximum absolute atomic E-state index is 15.2. The third kappa shape index (κ3) is 6.84. The van der Waals surface area contributed by atoms with Crippen LogP contribution in [-0.2, 0) is 25.6 Å². The molecule has 0 atom stereocenters. The van der Waals surface area contributed by atoms with Gasteiger partial charge in [0.05, 0.1) is 23.3 Å². The molecule has 4 aromatic rings. The van der Waals surface area contributed by atoms with E-state index >= 15 is 4.39 Å². The maximum atomic E-state index is 15.2. The Morgan fingerprint density at radius 1 is 1.07 bits per heavy atom. The van der Waals surface area contributed by atoms with Gasteiger partial charge >= 0.3 is 0 Å². The zero-order valence-corrected chi connectivity index (χ0v) is 24.9. The summed E-state index contributed by atoms with van der Waals surface area (Å²) in [5.41, 5.74) is -1.14. The number of alkyl halides is 2. The summed E-state index contributed by atoms with van der Waals surface area (Å²) >= 11 is 0. The van der Waals surface area contributed by atoms with Crippen LogP contribution in [0.15, 0.2) is 64.4 Å². The molecule has 1 N–H and O–H groups in total. The quantitative estimate of drug-likeness (QED) is 0.277. The zero-order chi connectivity index (χ0) is 31.1. The molecular formula is C27H25ClF3N5O5S2. The van der Waals surface area contributed by atoms with Crippen LogP contribution in [0, 0.1) is 5.82 Å². The molecule has 228 valence electrons. The Morgan fingerprint density at radius 2 is 1.79 bits per heavy atom. The number of aromatic nitrogens is 3. The minimum atomic E-state index is -4.05. The van der Waals surface area contributed by atoms with Crippen LogP contribution in [0.1, 0.15) is 30.4 Å². The molecule has 2 aromatic carbocycles. The summed E-state index contributed by atoms with van der Waals surface area (Å²) in [5.74, 6) is -0.611. The first-order valence-corrected chi connectivity index (χ1v) is 17.1. The van der Waals surface area contributed by atoms with Crippen LogP contribution in [-0.4, -0.2) is 61.1 Å². The number of rotatable bonds is 8. The second-order valence-corrected chi connectivity index (χ2v) is 14.7. The molecule has 0 aliphatic carbocycles. The van der Waals surface area contributed by atoms with E-state index in [4.69, 9.17) is 10.7 Å². The fourth-order valence-corrected chi connectivity index (χ4v) is 6.63. The topological polar surface area (TPSA) is 131 Å². The normalized spacial score (nSPS) is 15.3. The number of benzene rings is 2. The molecule has 16 heteroatoms. The molecule has 3 heterocycles. The molecule has 5 rings (SSSR count). The number of nitrogens with zero attached hydrogens (tertiary/aromatic N) is 4. The van der Waals surface area contributed by atoms with Gasteiger partial charge < -0.3 is 5.32 Å². The molecule has 2 aromatic heterocycles. The predicted molar refractivity (Wildman–Crippen MR) is 156 cm³/mol. The Labute approximate surface area is 249 Å². The van der Waals surface area contributed by atoms with Crippen molar-refractivity contribution in [2.24, 2.45) is 0 Å². The van der Waals surface area contributed by atoms with E-state index in [0.717, 1.165) is 23.0 Å². The largest absolute Gasteiger partial charge is 0.351 e. The molecular weight excluding hydrogens is 631 g/mol. The summed E-state index contributed by atoms with van der Waals surface area (Å²) in [4.78, 5) is 21.6. The van der Waals surface area contributed by atoms with E-state index in [2.05, 4.69) is 15.3 Å². The predicted octanol–water partition coefficient (Wildman–Crippen LogP) is 4.35. The Balaban J connectivity index is 1.47. The third-order valence-corrected chi connectivity index (χ3v) is 9.80. The van der Waals surface area contributed by atoms with Gasteiger partial charge in [-0.15, -0.1) is 0 Å². The monoisotopic (exact) mass is 655 g/mol. The van der Waals surface area contributed by atoms with Crippen LogP contribution in [0.4, 0.5) is 19.1 Å². The van der Waals surface area contributed by atoms with Crippen LogP contribution >= 0.6 is 10.7 Å². The van der Waals surface area contributed by atoms with Gasteiger partial charge in [-0.1, -0.05) is 24.3 Å². The molecule has 0 radical (unpaired) electrons. The van der Waals surface area contributed by atoms with Crippen molar-refractivity contribution in [1.82, 2.24) is 18.8 Å². The smallest absolute Gasteiger partial charge is 0.269 e. The van der Waals surface area contributed by atoms with E-state index in [1.165, 1.54) is 46.9 Å². The first-order chi connectivity index (χ1) is 20.2. The lowest BCUT2D eigenvalue weighted by molar-refractivity contribution is 0.149. The second-order valence-electron chi connectivity index (χ2n) is 10.1. The number of piperidine rings is 1. The minimum Gasteiger partial charge on any atom is -0.351 e. The van der Waals surface area contributed by atoms with Crippen LogP contribution in [0.2, 0.25) is 0 Å². The summed E-state index contributed by atoms with van der Waals surface area (Å²) in [5, 5.41) is 3.29. The van der Waals surface area contributed by atoms with E-state index in [1.807, 2.05) is 0 Å². The van der Waals surface area contributed by atoms with Crippen molar-refractivity contribution in [2.45, 2.75) is 36.7 Å². The molecule has 0 spiro atoms. The van der Waals surface area contributed by atoms with Crippen LogP contribution in [0.5, 0.6) is 0 Å². The van der Waals surface area contributed by atoms with Crippen molar-refractivity contribution in [1.29, 1.82) is 0 Å². The first kappa shape index (κ1) is 30.9. The van der Waals surface area contributed by atoms with Gasteiger partial charge in [0.15, 0.2) is 0 Å². The third-order valence-electron chi connectivity index (χ3n) is 7.15. The first-order valence-electron chi connectivity index (χ1n) is 12.9. The summed E-state index contributed by atoms with van der Waals surface area (Å²) < 4.78 is 92.2. The van der Waals surface area contributed by atoms with Gasteiger partial charge in [-0.25, -0.2) is 39.3 Å². The second kappa shape index (κ2) is 11.9. The van der Waals surface area contributed by atoms with E-state index in [1.54, 1.807) is 0 Å². The van der Waals surface area contributed by atoms with Gasteiger partial charge in [0.25, 0.3) is 21.0 Å². The van der Waals surface area contributed by atoms with Gasteiger partial charge in [0, 0.05) is 47.0 Å². The molecule has 1 aliphatic rings. The Hall–Kier alpha value is -3.53. The van der Waals surface area contributed by atoms with Crippen LogP contribution in [0.25, 0.3) is 22.2 Å². The lowest BCUT2D eigenvalue weighted by Gasteiger charge is -2.30. The van der Waals surface area contributed by atoms with Gasteiger partial charge in [-0.05, 0) is 48.2 Å². The van der Waals surface area contributed by atoms with Gasteiger partial charge in [0.1, 0.15) is 11.5 Å². The van der Waals surface area contributed by atoms with Crippen LogP contribution in [0.3, 0.4) is 0 Å². The highest BCUT2D eigenvalue weighted by Gasteiger charge is 2.26.